The van der Waals surface area contributed by atoms with E-state index in [1.165, 1.54) is 24.4 Å². The van der Waals surface area contributed by atoms with Gasteiger partial charge in [0, 0.05) is 11.6 Å². The summed E-state index contributed by atoms with van der Waals surface area (Å²) in [5.74, 6) is 0.302. The van der Waals surface area contributed by atoms with Crippen LogP contribution in [0.4, 0.5) is 24.7 Å². The van der Waals surface area contributed by atoms with Crippen LogP contribution in [0.1, 0.15) is 11.3 Å². The van der Waals surface area contributed by atoms with Crippen molar-refractivity contribution in [2.45, 2.75) is 6.18 Å². The number of hydrogen-bond acceptors (Lipinski definition) is 5. The fourth-order valence-electron chi connectivity index (χ4n) is 1.98. The van der Waals surface area contributed by atoms with Gasteiger partial charge in [0.2, 0.25) is 5.88 Å². The number of hydrogen-bond donors (Lipinski definition) is 1. The van der Waals surface area contributed by atoms with Gasteiger partial charge in [-0.1, -0.05) is 17.3 Å². The van der Waals surface area contributed by atoms with Crippen molar-refractivity contribution in [2.24, 2.45) is 0 Å². The Morgan fingerprint density at radius 3 is 2.42 bits per heavy atom. The van der Waals surface area contributed by atoms with Gasteiger partial charge in [0.05, 0.1) is 17.4 Å². The summed E-state index contributed by atoms with van der Waals surface area (Å²) in [6.07, 6.45) is -2.92. The van der Waals surface area contributed by atoms with Crippen molar-refractivity contribution >= 4 is 11.6 Å². The Kier molecular flexibility index (Phi) is 3.92. The molecule has 0 aliphatic heterocycles. The molecule has 8 heteroatoms. The first kappa shape index (κ1) is 15.6. The maximum atomic E-state index is 12.6. The third kappa shape index (κ3) is 3.35. The monoisotopic (exact) mass is 330 g/mol. The Balaban J connectivity index is 1.76. The van der Waals surface area contributed by atoms with Gasteiger partial charge in [-0.05, 0) is 24.3 Å². The van der Waals surface area contributed by atoms with Crippen LogP contribution in [0, 0.1) is 11.3 Å². The van der Waals surface area contributed by atoms with Gasteiger partial charge in [-0.2, -0.15) is 18.4 Å². The minimum atomic E-state index is -4.38. The molecular weight excluding hydrogens is 321 g/mol. The van der Waals surface area contributed by atoms with E-state index >= 15 is 0 Å². The fraction of sp³-hybridized carbons (Fsp3) is 0.0625. The lowest BCUT2D eigenvalue weighted by atomic mass is 10.1. The van der Waals surface area contributed by atoms with E-state index in [2.05, 4.69) is 15.5 Å². The molecule has 0 bridgehead atoms. The van der Waals surface area contributed by atoms with E-state index < -0.39 is 11.7 Å². The SMILES string of the molecule is N#Cc1ccc(Nc2cc(-c3ccc(C(F)(F)F)cc3)no2)cn1. The summed E-state index contributed by atoms with van der Waals surface area (Å²) in [6.45, 7) is 0. The second kappa shape index (κ2) is 6.04. The van der Waals surface area contributed by atoms with Crippen LogP contribution in [0.3, 0.4) is 0 Å². The third-order valence-corrected chi connectivity index (χ3v) is 3.16. The summed E-state index contributed by atoms with van der Waals surface area (Å²) in [7, 11) is 0. The van der Waals surface area contributed by atoms with Crippen molar-refractivity contribution in [1.82, 2.24) is 10.1 Å². The molecule has 5 nitrogen and oxygen atoms in total. The summed E-state index contributed by atoms with van der Waals surface area (Å²) in [4.78, 5) is 3.90. The van der Waals surface area contributed by atoms with Gasteiger partial charge in [-0.3, -0.25) is 0 Å². The molecule has 0 fully saturated rings. The summed E-state index contributed by atoms with van der Waals surface area (Å²) < 4.78 is 42.8. The van der Waals surface area contributed by atoms with E-state index in [9.17, 15) is 13.2 Å². The van der Waals surface area contributed by atoms with Crippen molar-refractivity contribution < 1.29 is 17.7 Å². The summed E-state index contributed by atoms with van der Waals surface area (Å²) in [6, 6.07) is 11.3. The molecule has 24 heavy (non-hydrogen) atoms. The summed E-state index contributed by atoms with van der Waals surface area (Å²) in [5.41, 5.74) is 1.04. The number of halogens is 3. The first-order valence-corrected chi connectivity index (χ1v) is 6.73. The number of pyridine rings is 1. The molecule has 2 heterocycles. The molecule has 0 radical (unpaired) electrons. The lowest BCUT2D eigenvalue weighted by molar-refractivity contribution is -0.137. The first-order valence-electron chi connectivity index (χ1n) is 6.73. The molecule has 0 atom stereocenters. The molecule has 120 valence electrons. The molecule has 1 aromatic carbocycles. The van der Waals surface area contributed by atoms with Crippen LogP contribution in [-0.2, 0) is 6.18 Å². The number of benzene rings is 1. The highest BCUT2D eigenvalue weighted by molar-refractivity contribution is 5.64. The van der Waals surface area contributed by atoms with E-state index in [0.717, 1.165) is 12.1 Å². The average Bonchev–Trinajstić information content (AvgIpc) is 3.03. The van der Waals surface area contributed by atoms with Crippen LogP contribution in [0.5, 0.6) is 0 Å². The zero-order chi connectivity index (χ0) is 17.2. The van der Waals surface area contributed by atoms with Crippen LogP contribution in [0.25, 0.3) is 11.3 Å². The van der Waals surface area contributed by atoms with Crippen LogP contribution in [-0.4, -0.2) is 10.1 Å². The lowest BCUT2D eigenvalue weighted by Gasteiger charge is -2.06. The van der Waals surface area contributed by atoms with Crippen LogP contribution in [0.2, 0.25) is 0 Å². The number of nitriles is 1. The molecule has 3 aromatic rings. The molecule has 3 rings (SSSR count). The van der Waals surface area contributed by atoms with Crippen LogP contribution in [0.15, 0.2) is 53.2 Å². The number of aromatic nitrogens is 2. The zero-order valence-electron chi connectivity index (χ0n) is 12.0. The Bertz CT molecular complexity index is 877. The molecule has 0 aliphatic carbocycles. The van der Waals surface area contributed by atoms with Crippen molar-refractivity contribution in [1.29, 1.82) is 5.26 Å². The maximum Gasteiger partial charge on any atom is 0.416 e. The second-order valence-corrected chi connectivity index (χ2v) is 4.82. The van der Waals surface area contributed by atoms with Gasteiger partial charge in [-0.25, -0.2) is 4.98 Å². The second-order valence-electron chi connectivity index (χ2n) is 4.82. The summed E-state index contributed by atoms with van der Waals surface area (Å²) in [5, 5.41) is 15.4. The lowest BCUT2D eigenvalue weighted by Crippen LogP contribution is -2.03. The number of alkyl halides is 3. The highest BCUT2D eigenvalue weighted by Crippen LogP contribution is 2.31. The largest absolute Gasteiger partial charge is 0.416 e. The van der Waals surface area contributed by atoms with E-state index in [0.29, 0.717) is 22.8 Å². The normalized spacial score (nSPS) is 11.1. The van der Waals surface area contributed by atoms with Crippen LogP contribution >= 0.6 is 0 Å². The van der Waals surface area contributed by atoms with E-state index in [-0.39, 0.29) is 5.69 Å². The molecule has 0 spiro atoms. The predicted octanol–water partition coefficient (Wildman–Crippen LogP) is 4.37. The Hall–Kier alpha value is -3.34. The Labute approximate surface area is 134 Å². The Morgan fingerprint density at radius 2 is 1.83 bits per heavy atom. The van der Waals surface area contributed by atoms with Crippen molar-refractivity contribution in [2.75, 3.05) is 5.32 Å². The molecule has 0 unspecified atom stereocenters. The molecule has 0 saturated carbocycles. The molecule has 1 N–H and O–H groups in total. The van der Waals surface area contributed by atoms with E-state index in [1.54, 1.807) is 12.1 Å². The highest BCUT2D eigenvalue weighted by atomic mass is 19.4. The number of nitrogens with zero attached hydrogens (tertiary/aromatic N) is 3. The number of nitrogens with one attached hydrogen (secondary N) is 1. The van der Waals surface area contributed by atoms with Gasteiger partial charge in [-0.15, -0.1) is 0 Å². The number of anilines is 2. The Morgan fingerprint density at radius 1 is 1.08 bits per heavy atom. The van der Waals surface area contributed by atoms with Crippen molar-refractivity contribution in [3.8, 4) is 17.3 Å². The summed E-state index contributed by atoms with van der Waals surface area (Å²) >= 11 is 0. The predicted molar refractivity (Wildman–Crippen MR) is 79.2 cm³/mol. The van der Waals surface area contributed by atoms with Gasteiger partial charge in [0.15, 0.2) is 0 Å². The average molecular weight is 330 g/mol. The van der Waals surface area contributed by atoms with Crippen molar-refractivity contribution in [3.05, 3.63) is 59.9 Å². The smallest absolute Gasteiger partial charge is 0.338 e. The van der Waals surface area contributed by atoms with Gasteiger partial charge < -0.3 is 9.84 Å². The molecule has 0 saturated heterocycles. The fourth-order valence-corrected chi connectivity index (χ4v) is 1.98. The first-order chi connectivity index (χ1) is 11.5. The minimum Gasteiger partial charge on any atom is -0.338 e. The van der Waals surface area contributed by atoms with Gasteiger partial charge in [0.25, 0.3) is 0 Å². The quantitative estimate of drug-likeness (QED) is 0.772. The standard InChI is InChI=1S/C16H9F3N4O/c17-16(18,19)11-3-1-10(2-4-11)14-7-15(24-23-14)22-13-6-5-12(8-20)21-9-13/h1-7,9,22H. The minimum absolute atomic E-state index is 0.281. The van der Waals surface area contributed by atoms with Gasteiger partial charge >= 0.3 is 6.18 Å². The van der Waals surface area contributed by atoms with Gasteiger partial charge in [0.1, 0.15) is 17.5 Å². The molecular formula is C16H9F3N4O. The molecule has 2 aromatic heterocycles. The highest BCUT2D eigenvalue weighted by Gasteiger charge is 2.30. The maximum absolute atomic E-state index is 12.6. The van der Waals surface area contributed by atoms with E-state index in [4.69, 9.17) is 9.78 Å². The molecule has 0 amide bonds. The molecule has 0 aliphatic rings. The van der Waals surface area contributed by atoms with Crippen molar-refractivity contribution in [3.63, 3.8) is 0 Å². The van der Waals surface area contributed by atoms with E-state index in [1.807, 2.05) is 6.07 Å². The number of rotatable bonds is 3. The van der Waals surface area contributed by atoms with Crippen LogP contribution < -0.4 is 5.32 Å². The zero-order valence-corrected chi connectivity index (χ0v) is 12.0. The third-order valence-electron chi connectivity index (χ3n) is 3.16. The topological polar surface area (TPSA) is 74.7 Å².